The topological polar surface area (TPSA) is 111 Å². The van der Waals surface area contributed by atoms with Crippen LogP contribution < -0.4 is 20.1 Å². The van der Waals surface area contributed by atoms with Crippen molar-refractivity contribution >= 4 is 46.5 Å². The summed E-state index contributed by atoms with van der Waals surface area (Å²) in [6.07, 6.45) is -2.61. The van der Waals surface area contributed by atoms with Gasteiger partial charge < -0.3 is 20.6 Å². The number of halogens is 7. The number of benzene rings is 3. The van der Waals surface area contributed by atoms with Gasteiger partial charge in [-0.25, -0.2) is 8.78 Å². The quantitative estimate of drug-likeness (QED) is 0.0694. The second kappa shape index (κ2) is 14.3. The predicted molar refractivity (Wildman–Crippen MR) is 166 cm³/mol. The number of alkyl halides is 3. The highest BCUT2D eigenvalue weighted by molar-refractivity contribution is 6.34. The molecular formula is C33H22Cl2F5N3O5. The number of amides is 2. The van der Waals surface area contributed by atoms with Gasteiger partial charge in [-0.2, -0.15) is 17.9 Å². The molecule has 0 bridgehead atoms. The molecule has 4 rings (SSSR count). The number of pyridine rings is 1. The van der Waals surface area contributed by atoms with Gasteiger partial charge in [-0.15, -0.1) is 0 Å². The standard InChI is InChI=1S/C33H22Cl2F5N3O5/c1-32(2,42-31(46)18-6-9-43(47)10-7-18)8-5-19-13-25(35)27(16-26(19)37)41-29(44)17-48-28-4-3-22(34)15-24(28)30(45)20-11-21(33(38,39)40)14-23(36)12-20/h3-4,6-7,9-16H,17H2,1-2H3,(H,41,44)(H,42,46). The molecule has 0 saturated heterocycles. The monoisotopic (exact) mass is 705 g/mol. The molecule has 0 saturated carbocycles. The van der Waals surface area contributed by atoms with Crippen LogP contribution in [0.4, 0.5) is 27.6 Å². The molecule has 48 heavy (non-hydrogen) atoms. The molecule has 0 fully saturated rings. The number of anilines is 1. The third-order valence-electron chi connectivity index (χ3n) is 6.36. The van der Waals surface area contributed by atoms with Gasteiger partial charge in [0.15, 0.2) is 24.8 Å². The van der Waals surface area contributed by atoms with Crippen LogP contribution in [0.5, 0.6) is 5.75 Å². The molecule has 0 unspecified atom stereocenters. The molecule has 2 N–H and O–H groups in total. The van der Waals surface area contributed by atoms with Gasteiger partial charge in [-0.3, -0.25) is 14.4 Å². The Labute approximate surface area is 280 Å². The number of ketones is 1. The van der Waals surface area contributed by atoms with Gasteiger partial charge in [-0.05, 0) is 56.3 Å². The third-order valence-corrected chi connectivity index (χ3v) is 6.91. The van der Waals surface area contributed by atoms with Gasteiger partial charge >= 0.3 is 6.18 Å². The molecule has 248 valence electrons. The Morgan fingerprint density at radius 1 is 0.938 bits per heavy atom. The fourth-order valence-electron chi connectivity index (χ4n) is 4.09. The summed E-state index contributed by atoms with van der Waals surface area (Å²) in [6.45, 7) is 2.38. The number of hydrogen-bond acceptors (Lipinski definition) is 5. The van der Waals surface area contributed by atoms with Gasteiger partial charge in [-0.1, -0.05) is 35.0 Å². The third kappa shape index (κ3) is 9.21. The van der Waals surface area contributed by atoms with E-state index < -0.39 is 58.7 Å². The maximum absolute atomic E-state index is 14.9. The lowest BCUT2D eigenvalue weighted by atomic mass is 10.00. The SMILES string of the molecule is CC(C)(C#Cc1cc(Cl)c(NC(=O)COc2ccc(Cl)cc2C(=O)c2cc(F)cc(C(F)(F)F)c2)cc1F)NC(=O)c1cc[n+]([O-])cc1. The second-order valence-electron chi connectivity index (χ2n) is 10.6. The fraction of sp³-hybridized carbons (Fsp3) is 0.152. The van der Waals surface area contributed by atoms with Crippen molar-refractivity contribution in [3.05, 3.63) is 128 Å². The summed E-state index contributed by atoms with van der Waals surface area (Å²) in [5.74, 6) is 0.469. The van der Waals surface area contributed by atoms with Gasteiger partial charge in [0.2, 0.25) is 0 Å². The first kappa shape index (κ1) is 35.7. The van der Waals surface area contributed by atoms with Gasteiger partial charge in [0.1, 0.15) is 17.4 Å². The Morgan fingerprint density at radius 2 is 1.62 bits per heavy atom. The highest BCUT2D eigenvalue weighted by Crippen LogP contribution is 2.32. The van der Waals surface area contributed by atoms with Crippen LogP contribution in [0.15, 0.2) is 73.1 Å². The van der Waals surface area contributed by atoms with Gasteiger partial charge in [0, 0.05) is 28.8 Å². The highest BCUT2D eigenvalue weighted by atomic mass is 35.5. The molecule has 0 aliphatic heterocycles. The molecule has 2 amide bonds. The van der Waals surface area contributed by atoms with Gasteiger partial charge in [0.25, 0.3) is 11.8 Å². The number of carbonyl (C=O) groups is 3. The lowest BCUT2D eigenvalue weighted by Crippen LogP contribution is -2.42. The molecule has 3 aromatic carbocycles. The van der Waals surface area contributed by atoms with Crippen LogP contribution in [0.1, 0.15) is 51.3 Å². The zero-order chi connectivity index (χ0) is 35.4. The van der Waals surface area contributed by atoms with E-state index in [1.165, 1.54) is 24.3 Å². The van der Waals surface area contributed by atoms with E-state index in [-0.39, 0.29) is 44.2 Å². The fourth-order valence-corrected chi connectivity index (χ4v) is 4.47. The molecule has 15 heteroatoms. The molecule has 0 atom stereocenters. The van der Waals surface area contributed by atoms with Crippen LogP contribution in [0.3, 0.4) is 0 Å². The maximum atomic E-state index is 14.9. The van der Waals surface area contributed by atoms with Crippen molar-refractivity contribution in [3.63, 3.8) is 0 Å². The first-order valence-corrected chi connectivity index (χ1v) is 14.4. The summed E-state index contributed by atoms with van der Waals surface area (Å²) < 4.78 is 74.4. The van der Waals surface area contributed by atoms with E-state index in [2.05, 4.69) is 22.5 Å². The van der Waals surface area contributed by atoms with E-state index in [1.54, 1.807) is 13.8 Å². The molecule has 1 aromatic heterocycles. The average Bonchev–Trinajstić information content (AvgIpc) is 3.00. The van der Waals surface area contributed by atoms with Crippen LogP contribution in [0.25, 0.3) is 0 Å². The smallest absolute Gasteiger partial charge is 0.416 e. The minimum atomic E-state index is -4.92. The van der Waals surface area contributed by atoms with Crippen LogP contribution in [-0.2, 0) is 11.0 Å². The van der Waals surface area contributed by atoms with Crippen LogP contribution in [-0.4, -0.2) is 29.7 Å². The summed E-state index contributed by atoms with van der Waals surface area (Å²) in [7, 11) is 0. The summed E-state index contributed by atoms with van der Waals surface area (Å²) >= 11 is 12.2. The van der Waals surface area contributed by atoms with Crippen molar-refractivity contribution in [2.45, 2.75) is 25.6 Å². The maximum Gasteiger partial charge on any atom is 0.416 e. The van der Waals surface area contributed by atoms with E-state index in [0.29, 0.717) is 16.9 Å². The van der Waals surface area contributed by atoms with E-state index >= 15 is 0 Å². The minimum absolute atomic E-state index is 0.00751. The Kier molecular flexibility index (Phi) is 10.6. The number of nitrogens with zero attached hydrogens (tertiary/aromatic N) is 1. The highest BCUT2D eigenvalue weighted by Gasteiger charge is 2.32. The number of hydrogen-bond donors (Lipinski definition) is 2. The molecule has 0 spiro atoms. The summed E-state index contributed by atoms with van der Waals surface area (Å²) in [5.41, 5.74) is -3.61. The summed E-state index contributed by atoms with van der Waals surface area (Å²) in [6, 6.07) is 9.58. The zero-order valence-electron chi connectivity index (χ0n) is 24.8. The number of nitrogens with one attached hydrogen (secondary N) is 2. The lowest BCUT2D eigenvalue weighted by Gasteiger charge is -2.19. The molecule has 0 aliphatic carbocycles. The van der Waals surface area contributed by atoms with Crippen molar-refractivity contribution in [1.29, 1.82) is 0 Å². The Bertz CT molecular complexity index is 1970. The summed E-state index contributed by atoms with van der Waals surface area (Å²) in [5, 5.41) is 16.1. The van der Waals surface area contributed by atoms with E-state index in [4.69, 9.17) is 27.9 Å². The number of aromatic nitrogens is 1. The Balaban J connectivity index is 1.45. The lowest BCUT2D eigenvalue weighted by molar-refractivity contribution is -0.605. The van der Waals surface area contributed by atoms with Crippen molar-refractivity contribution in [2.75, 3.05) is 11.9 Å². The number of carbonyl (C=O) groups excluding carboxylic acids is 3. The Hall–Kier alpha value is -5.19. The predicted octanol–water partition coefficient (Wildman–Crippen LogP) is 6.73. The number of ether oxygens (including phenoxy) is 1. The van der Waals surface area contributed by atoms with E-state index in [9.17, 15) is 41.5 Å². The largest absolute Gasteiger partial charge is 0.619 e. The average molecular weight is 706 g/mol. The van der Waals surface area contributed by atoms with Crippen LogP contribution in [0.2, 0.25) is 10.0 Å². The molecule has 8 nitrogen and oxygen atoms in total. The molecule has 4 aromatic rings. The first-order chi connectivity index (χ1) is 22.4. The minimum Gasteiger partial charge on any atom is -0.619 e. The van der Waals surface area contributed by atoms with Crippen molar-refractivity contribution in [1.82, 2.24) is 5.32 Å². The second-order valence-corrected chi connectivity index (χ2v) is 11.5. The van der Waals surface area contributed by atoms with Crippen molar-refractivity contribution < 1.29 is 45.8 Å². The van der Waals surface area contributed by atoms with E-state index in [0.717, 1.165) is 30.6 Å². The van der Waals surface area contributed by atoms with Crippen LogP contribution in [0, 0.1) is 28.7 Å². The number of rotatable bonds is 8. The molecule has 1 heterocycles. The normalized spacial score (nSPS) is 11.3. The van der Waals surface area contributed by atoms with Gasteiger partial charge in [0.05, 0.1) is 38.5 Å². The van der Waals surface area contributed by atoms with E-state index in [1.807, 2.05) is 0 Å². The first-order valence-electron chi connectivity index (χ1n) is 13.6. The van der Waals surface area contributed by atoms with Crippen LogP contribution >= 0.6 is 23.2 Å². The van der Waals surface area contributed by atoms with Crippen molar-refractivity contribution in [3.8, 4) is 17.6 Å². The summed E-state index contributed by atoms with van der Waals surface area (Å²) in [4.78, 5) is 38.2. The molecular weight excluding hydrogens is 684 g/mol. The van der Waals surface area contributed by atoms with Crippen molar-refractivity contribution in [2.24, 2.45) is 0 Å². The Morgan fingerprint density at radius 3 is 2.29 bits per heavy atom. The zero-order valence-corrected chi connectivity index (χ0v) is 26.3. The molecule has 0 aliphatic rings. The molecule has 0 radical (unpaired) electrons.